The number of hydrogen-bond donors (Lipinski definition) is 1. The maximum absolute atomic E-state index is 10.9. The van der Waals surface area contributed by atoms with Gasteiger partial charge in [-0.15, -0.1) is 0 Å². The molecule has 0 aromatic carbocycles. The Hall–Kier alpha value is -0.450. The van der Waals surface area contributed by atoms with Crippen LogP contribution in [0.15, 0.2) is 0 Å². The van der Waals surface area contributed by atoms with Crippen LogP contribution in [0.4, 0.5) is 0 Å². The molecule has 2 heterocycles. The first kappa shape index (κ1) is 6.27. The summed E-state index contributed by atoms with van der Waals surface area (Å²) in [5.41, 5.74) is 0. The zero-order chi connectivity index (χ0) is 7.14. The van der Waals surface area contributed by atoms with E-state index >= 15 is 0 Å². The molecule has 0 aliphatic carbocycles. The van der Waals surface area contributed by atoms with E-state index in [1.807, 2.05) is 0 Å². The Balaban J connectivity index is 2.16. The minimum absolute atomic E-state index is 0.0544. The molecule has 0 spiro atoms. The summed E-state index contributed by atoms with van der Waals surface area (Å²) in [5.74, 6) is -0.0544. The second kappa shape index (κ2) is 2.02. The summed E-state index contributed by atoms with van der Waals surface area (Å²) >= 11 is 0. The third-order valence-corrected chi connectivity index (χ3v) is 1.79. The highest BCUT2D eigenvalue weighted by Gasteiger charge is 2.42. The number of carbonyl (C=O) groups is 1. The molecule has 0 saturated carbocycles. The van der Waals surface area contributed by atoms with Gasteiger partial charge >= 0.3 is 0 Å². The zero-order valence-electron chi connectivity index (χ0n) is 5.32. The van der Waals surface area contributed by atoms with Crippen LogP contribution >= 0.6 is 0 Å². The lowest BCUT2D eigenvalue weighted by molar-refractivity contribution is -0.167. The lowest BCUT2D eigenvalue weighted by Gasteiger charge is -2.21. The molecule has 1 N–H and O–H groups in total. The zero-order valence-corrected chi connectivity index (χ0v) is 5.32. The minimum Gasteiger partial charge on any atom is -0.387 e. The van der Waals surface area contributed by atoms with Gasteiger partial charge in [-0.1, -0.05) is 0 Å². The van der Waals surface area contributed by atoms with Crippen LogP contribution in [0.25, 0.3) is 0 Å². The van der Waals surface area contributed by atoms with Crippen molar-refractivity contribution in [2.24, 2.45) is 0 Å². The fraction of sp³-hybridized carbons (Fsp3) is 0.833. The summed E-state index contributed by atoms with van der Waals surface area (Å²) in [5, 5.41) is 9.10. The van der Waals surface area contributed by atoms with Gasteiger partial charge < -0.3 is 14.6 Å². The first-order valence-corrected chi connectivity index (χ1v) is 3.25. The van der Waals surface area contributed by atoms with E-state index in [1.54, 1.807) is 0 Å². The van der Waals surface area contributed by atoms with E-state index in [0.717, 1.165) is 0 Å². The van der Waals surface area contributed by atoms with Gasteiger partial charge in [0.15, 0.2) is 12.1 Å². The lowest BCUT2D eigenvalue weighted by Crippen LogP contribution is -2.38. The molecule has 2 saturated heterocycles. The largest absolute Gasteiger partial charge is 0.387 e. The first-order chi connectivity index (χ1) is 4.77. The molecule has 3 atom stereocenters. The van der Waals surface area contributed by atoms with Crippen molar-refractivity contribution in [1.82, 2.24) is 0 Å². The standard InChI is InChI=1S/C6H8O4/c7-3-1-4(8)6-9-2-5(3)10-6/h4-6,8H,1-2H2. The highest BCUT2D eigenvalue weighted by atomic mass is 16.7. The summed E-state index contributed by atoms with van der Waals surface area (Å²) in [6, 6.07) is 0. The maximum atomic E-state index is 10.9. The van der Waals surface area contributed by atoms with Gasteiger partial charge in [0.1, 0.15) is 12.2 Å². The molecular formula is C6H8O4. The predicted octanol–water partition coefficient (Wildman–Crippen LogP) is -0.938. The van der Waals surface area contributed by atoms with E-state index in [2.05, 4.69) is 0 Å². The van der Waals surface area contributed by atoms with E-state index in [1.165, 1.54) is 0 Å². The molecule has 0 aromatic rings. The number of rotatable bonds is 0. The second-order valence-corrected chi connectivity index (χ2v) is 2.56. The molecule has 4 heteroatoms. The van der Waals surface area contributed by atoms with Crippen molar-refractivity contribution in [3.05, 3.63) is 0 Å². The number of aliphatic hydroxyl groups excluding tert-OH is 1. The molecule has 0 radical (unpaired) electrons. The summed E-state index contributed by atoms with van der Waals surface area (Å²) in [6.45, 7) is 0.306. The quantitative estimate of drug-likeness (QED) is 0.476. The number of aliphatic hydroxyl groups is 1. The molecule has 2 fully saturated rings. The summed E-state index contributed by atoms with van der Waals surface area (Å²) in [4.78, 5) is 10.9. The van der Waals surface area contributed by atoms with E-state index in [4.69, 9.17) is 14.6 Å². The van der Waals surface area contributed by atoms with Crippen molar-refractivity contribution >= 4 is 5.78 Å². The molecular weight excluding hydrogens is 136 g/mol. The smallest absolute Gasteiger partial charge is 0.184 e. The molecule has 3 unspecified atom stereocenters. The molecule has 0 amide bonds. The molecule has 4 nitrogen and oxygen atoms in total. The topological polar surface area (TPSA) is 55.8 Å². The van der Waals surface area contributed by atoms with Crippen LogP contribution in [-0.2, 0) is 14.3 Å². The fourth-order valence-electron chi connectivity index (χ4n) is 1.23. The van der Waals surface area contributed by atoms with Gasteiger partial charge in [0, 0.05) is 6.42 Å². The third kappa shape index (κ3) is 0.767. The number of fused-ring (bicyclic) bond motifs is 2. The Labute approximate surface area is 57.7 Å². The lowest BCUT2D eigenvalue weighted by atomic mass is 10.1. The Morgan fingerprint density at radius 2 is 2.40 bits per heavy atom. The highest BCUT2D eigenvalue weighted by Crippen LogP contribution is 2.24. The van der Waals surface area contributed by atoms with Crippen LogP contribution in [0.1, 0.15) is 6.42 Å². The number of hydrogen-bond acceptors (Lipinski definition) is 4. The van der Waals surface area contributed by atoms with E-state index in [9.17, 15) is 4.79 Å². The van der Waals surface area contributed by atoms with Crippen molar-refractivity contribution in [3.63, 3.8) is 0 Å². The average molecular weight is 144 g/mol. The van der Waals surface area contributed by atoms with Gasteiger partial charge in [0.25, 0.3) is 0 Å². The Kier molecular flexibility index (Phi) is 1.26. The second-order valence-electron chi connectivity index (χ2n) is 2.56. The number of carbonyl (C=O) groups excluding carboxylic acids is 1. The number of ether oxygens (including phenoxy) is 2. The normalized spacial score (nSPS) is 46.1. The maximum Gasteiger partial charge on any atom is 0.184 e. The van der Waals surface area contributed by atoms with Crippen LogP contribution in [0.3, 0.4) is 0 Å². The molecule has 0 aromatic heterocycles. The molecule has 10 heavy (non-hydrogen) atoms. The molecule has 2 aliphatic rings. The van der Waals surface area contributed by atoms with Gasteiger partial charge in [0.05, 0.1) is 6.61 Å². The summed E-state index contributed by atoms with van der Waals surface area (Å²) in [7, 11) is 0. The fourth-order valence-corrected chi connectivity index (χ4v) is 1.23. The van der Waals surface area contributed by atoms with E-state index < -0.39 is 18.5 Å². The number of Topliss-reactive ketones (excluding diaryl/α,β-unsaturated/α-hetero) is 1. The van der Waals surface area contributed by atoms with E-state index in [-0.39, 0.29) is 12.2 Å². The van der Waals surface area contributed by atoms with Crippen molar-refractivity contribution in [1.29, 1.82) is 0 Å². The molecule has 2 bridgehead atoms. The van der Waals surface area contributed by atoms with Crippen molar-refractivity contribution in [2.75, 3.05) is 6.61 Å². The first-order valence-electron chi connectivity index (χ1n) is 3.25. The van der Waals surface area contributed by atoms with Crippen LogP contribution in [0.2, 0.25) is 0 Å². The van der Waals surface area contributed by atoms with Crippen molar-refractivity contribution in [3.8, 4) is 0 Å². The van der Waals surface area contributed by atoms with Gasteiger partial charge in [-0.2, -0.15) is 0 Å². The third-order valence-electron chi connectivity index (χ3n) is 1.79. The van der Waals surface area contributed by atoms with E-state index in [0.29, 0.717) is 6.61 Å². The Morgan fingerprint density at radius 1 is 1.60 bits per heavy atom. The van der Waals surface area contributed by atoms with Crippen LogP contribution in [0, 0.1) is 0 Å². The van der Waals surface area contributed by atoms with Gasteiger partial charge in [-0.25, -0.2) is 0 Å². The SMILES string of the molecule is O=C1CC(O)C2OCC1O2. The van der Waals surface area contributed by atoms with Crippen LogP contribution in [0.5, 0.6) is 0 Å². The van der Waals surface area contributed by atoms with Gasteiger partial charge in [-0.05, 0) is 0 Å². The van der Waals surface area contributed by atoms with Crippen molar-refractivity contribution in [2.45, 2.75) is 24.9 Å². The predicted molar refractivity (Wildman–Crippen MR) is 30.2 cm³/mol. The Morgan fingerprint density at radius 3 is 3.20 bits per heavy atom. The van der Waals surface area contributed by atoms with Crippen molar-refractivity contribution < 1.29 is 19.4 Å². The number of ketones is 1. The average Bonchev–Trinajstić information content (AvgIpc) is 2.28. The summed E-state index contributed by atoms with van der Waals surface area (Å²) < 4.78 is 9.97. The van der Waals surface area contributed by atoms with Gasteiger partial charge in [0.2, 0.25) is 0 Å². The minimum atomic E-state index is -0.758. The van der Waals surface area contributed by atoms with Crippen LogP contribution < -0.4 is 0 Å². The van der Waals surface area contributed by atoms with Crippen LogP contribution in [-0.4, -0.2) is 36.0 Å². The highest BCUT2D eigenvalue weighted by molar-refractivity contribution is 5.84. The monoisotopic (exact) mass is 144 g/mol. The van der Waals surface area contributed by atoms with Gasteiger partial charge in [-0.3, -0.25) is 4.79 Å². The molecule has 2 rings (SSSR count). The summed E-state index contributed by atoms with van der Waals surface area (Å²) in [6.07, 6.45) is -1.54. The molecule has 2 aliphatic heterocycles. The molecule has 56 valence electrons. The Bertz CT molecular complexity index is 167.